The molecule has 4 nitrogen and oxygen atoms in total. The van der Waals surface area contributed by atoms with Crippen molar-refractivity contribution in [1.29, 1.82) is 0 Å². The van der Waals surface area contributed by atoms with Gasteiger partial charge in [-0.05, 0) is 86.0 Å². The summed E-state index contributed by atoms with van der Waals surface area (Å²) >= 11 is 1.56. The molecule has 4 saturated carbocycles. The molecule has 1 aliphatic heterocycles. The van der Waals surface area contributed by atoms with Gasteiger partial charge >= 0.3 is 0 Å². The lowest BCUT2D eigenvalue weighted by atomic mass is 9.49. The third kappa shape index (κ3) is 3.40. The largest absolute Gasteiger partial charge is 0.345 e. The van der Waals surface area contributed by atoms with E-state index in [0.29, 0.717) is 24.4 Å². The number of carbonyl (C=O) groups is 2. The molecule has 4 aliphatic carbocycles. The lowest BCUT2D eigenvalue weighted by Crippen LogP contribution is -2.52. The van der Waals surface area contributed by atoms with E-state index < -0.39 is 0 Å². The monoisotopic (exact) mass is 400 g/mol. The lowest BCUT2D eigenvalue weighted by Gasteiger charge is -2.57. The van der Waals surface area contributed by atoms with Crippen molar-refractivity contribution in [1.82, 2.24) is 9.80 Å². The summed E-state index contributed by atoms with van der Waals surface area (Å²) in [7, 11) is 2.03. The van der Waals surface area contributed by atoms with Crippen LogP contribution in [0.4, 0.5) is 0 Å². The molecule has 1 aromatic heterocycles. The highest BCUT2D eigenvalue weighted by molar-refractivity contribution is 7.08. The van der Waals surface area contributed by atoms with Gasteiger partial charge in [0.25, 0.3) is 5.91 Å². The summed E-state index contributed by atoms with van der Waals surface area (Å²) in [6, 6.07) is 1.89. The van der Waals surface area contributed by atoms with E-state index in [4.69, 9.17) is 0 Å². The standard InChI is InChI=1S/C23H32N2O2S/c1-24(15-23-11-16-8-17(12-23)10-18(9-16)13-23)21(26)19-2-5-25(6-3-19)22(27)20-4-7-28-14-20/h4,7,14,16-19H,2-3,5-6,8-13,15H2,1H3. The van der Waals surface area contributed by atoms with Crippen molar-refractivity contribution < 1.29 is 9.59 Å². The number of rotatable bonds is 4. The summed E-state index contributed by atoms with van der Waals surface area (Å²) in [5.41, 5.74) is 1.20. The Labute approximate surface area is 172 Å². The van der Waals surface area contributed by atoms with Crippen molar-refractivity contribution in [3.05, 3.63) is 22.4 Å². The third-order valence-corrected chi connectivity index (χ3v) is 8.70. The molecular formula is C23H32N2O2S. The lowest BCUT2D eigenvalue weighted by molar-refractivity contribution is -0.140. The van der Waals surface area contributed by atoms with Gasteiger partial charge in [-0.25, -0.2) is 0 Å². The van der Waals surface area contributed by atoms with Crippen LogP contribution in [0.2, 0.25) is 0 Å². The molecule has 5 aliphatic rings. The Morgan fingerprint density at radius 1 is 1.11 bits per heavy atom. The van der Waals surface area contributed by atoms with E-state index in [1.165, 1.54) is 38.5 Å². The highest BCUT2D eigenvalue weighted by Gasteiger charge is 2.51. The first-order valence-electron chi connectivity index (χ1n) is 11.1. The van der Waals surface area contributed by atoms with Crippen LogP contribution in [-0.2, 0) is 4.79 Å². The van der Waals surface area contributed by atoms with Crippen molar-refractivity contribution in [3.63, 3.8) is 0 Å². The Morgan fingerprint density at radius 2 is 1.71 bits per heavy atom. The summed E-state index contributed by atoms with van der Waals surface area (Å²) < 4.78 is 0. The first kappa shape index (κ1) is 18.7. The first-order chi connectivity index (χ1) is 13.5. The molecule has 2 heterocycles. The van der Waals surface area contributed by atoms with Crippen molar-refractivity contribution >= 4 is 23.2 Å². The Bertz CT molecular complexity index is 701. The fraction of sp³-hybridized carbons (Fsp3) is 0.739. The molecule has 5 fully saturated rings. The average Bonchev–Trinajstić information content (AvgIpc) is 3.20. The second-order valence-corrected chi connectivity index (χ2v) is 11.0. The maximum atomic E-state index is 13.2. The van der Waals surface area contributed by atoms with Gasteiger partial charge < -0.3 is 9.80 Å². The van der Waals surface area contributed by atoms with E-state index in [1.807, 2.05) is 28.8 Å². The maximum Gasteiger partial charge on any atom is 0.254 e. The molecule has 28 heavy (non-hydrogen) atoms. The third-order valence-electron chi connectivity index (χ3n) is 8.01. The number of likely N-dealkylation sites (tertiary alicyclic amines) is 1. The van der Waals surface area contributed by atoms with Crippen LogP contribution in [-0.4, -0.2) is 48.3 Å². The van der Waals surface area contributed by atoms with Gasteiger partial charge in [-0.1, -0.05) is 0 Å². The quantitative estimate of drug-likeness (QED) is 0.757. The number of carbonyl (C=O) groups excluding carboxylic acids is 2. The summed E-state index contributed by atoms with van der Waals surface area (Å²) in [4.78, 5) is 29.7. The molecule has 0 unspecified atom stereocenters. The average molecular weight is 401 g/mol. The molecule has 1 saturated heterocycles. The molecule has 2 amide bonds. The maximum absolute atomic E-state index is 13.2. The van der Waals surface area contributed by atoms with Crippen molar-refractivity contribution in [3.8, 4) is 0 Å². The normalized spacial score (nSPS) is 34.6. The van der Waals surface area contributed by atoms with Gasteiger partial charge in [-0.2, -0.15) is 11.3 Å². The van der Waals surface area contributed by atoms with Crippen molar-refractivity contribution in [2.24, 2.45) is 29.1 Å². The van der Waals surface area contributed by atoms with Gasteiger partial charge in [0.2, 0.25) is 5.91 Å². The van der Waals surface area contributed by atoms with E-state index in [9.17, 15) is 9.59 Å². The zero-order valence-corrected chi connectivity index (χ0v) is 17.8. The van der Waals surface area contributed by atoms with Crippen LogP contribution in [0.3, 0.4) is 0 Å². The van der Waals surface area contributed by atoms with E-state index in [0.717, 1.165) is 42.7 Å². The molecule has 0 spiro atoms. The molecule has 0 atom stereocenters. The SMILES string of the molecule is CN(CC12CC3CC(CC(C3)C1)C2)C(=O)C1CCN(C(=O)c2ccsc2)CC1. The Balaban J connectivity index is 1.17. The van der Waals surface area contributed by atoms with Gasteiger partial charge in [0.1, 0.15) is 0 Å². The van der Waals surface area contributed by atoms with Gasteiger partial charge in [0.15, 0.2) is 0 Å². The zero-order valence-electron chi connectivity index (χ0n) is 16.9. The second-order valence-electron chi connectivity index (χ2n) is 10.2. The molecule has 5 heteroatoms. The van der Waals surface area contributed by atoms with Crippen LogP contribution in [0.25, 0.3) is 0 Å². The van der Waals surface area contributed by atoms with Gasteiger partial charge in [-0.15, -0.1) is 0 Å². The van der Waals surface area contributed by atoms with Crippen LogP contribution in [0.1, 0.15) is 61.7 Å². The predicted octanol–water partition coefficient (Wildman–Crippen LogP) is 4.28. The number of hydrogen-bond donors (Lipinski definition) is 0. The molecule has 0 N–H and O–H groups in total. The second kappa shape index (κ2) is 7.16. The predicted molar refractivity (Wildman–Crippen MR) is 111 cm³/mol. The molecule has 152 valence electrons. The summed E-state index contributed by atoms with van der Waals surface area (Å²) in [5.74, 6) is 3.32. The zero-order chi connectivity index (χ0) is 19.3. The number of thiophene rings is 1. The van der Waals surface area contributed by atoms with Crippen molar-refractivity contribution in [2.75, 3.05) is 26.7 Å². The highest BCUT2D eigenvalue weighted by atomic mass is 32.1. The van der Waals surface area contributed by atoms with E-state index in [-0.39, 0.29) is 11.8 Å². The molecule has 0 aromatic carbocycles. The smallest absolute Gasteiger partial charge is 0.254 e. The molecular weight excluding hydrogens is 368 g/mol. The summed E-state index contributed by atoms with van der Waals surface area (Å²) in [5, 5.41) is 3.86. The van der Waals surface area contributed by atoms with Crippen LogP contribution < -0.4 is 0 Å². The Morgan fingerprint density at radius 3 is 2.25 bits per heavy atom. The molecule has 1 aromatic rings. The Kier molecular flexibility index (Phi) is 4.77. The number of piperidine rings is 1. The van der Waals surface area contributed by atoms with Gasteiger partial charge in [-0.3, -0.25) is 9.59 Å². The van der Waals surface area contributed by atoms with E-state index >= 15 is 0 Å². The summed E-state index contributed by atoms with van der Waals surface area (Å²) in [6.07, 6.45) is 10.0. The number of hydrogen-bond acceptors (Lipinski definition) is 3. The fourth-order valence-corrected chi connectivity index (χ4v) is 7.90. The molecule has 6 rings (SSSR count). The minimum Gasteiger partial charge on any atom is -0.345 e. The van der Waals surface area contributed by atoms with Crippen molar-refractivity contribution in [2.45, 2.75) is 51.4 Å². The minimum absolute atomic E-state index is 0.0884. The van der Waals surface area contributed by atoms with Gasteiger partial charge in [0.05, 0.1) is 5.56 Å². The minimum atomic E-state index is 0.0884. The van der Waals surface area contributed by atoms with Crippen LogP contribution >= 0.6 is 11.3 Å². The fourth-order valence-electron chi connectivity index (χ4n) is 7.27. The topological polar surface area (TPSA) is 40.6 Å². The first-order valence-corrected chi connectivity index (χ1v) is 12.0. The number of nitrogens with zero attached hydrogens (tertiary/aromatic N) is 2. The number of amides is 2. The van der Waals surface area contributed by atoms with E-state index in [1.54, 1.807) is 11.3 Å². The molecule has 4 bridgehead atoms. The summed E-state index contributed by atoms with van der Waals surface area (Å²) in [6.45, 7) is 2.37. The molecule has 0 radical (unpaired) electrons. The highest BCUT2D eigenvalue weighted by Crippen LogP contribution is 2.60. The van der Waals surface area contributed by atoms with Gasteiger partial charge in [0, 0.05) is 38.0 Å². The van der Waals surface area contributed by atoms with Crippen LogP contribution in [0.15, 0.2) is 16.8 Å². The van der Waals surface area contributed by atoms with E-state index in [2.05, 4.69) is 4.90 Å². The van der Waals surface area contributed by atoms with Crippen LogP contribution in [0.5, 0.6) is 0 Å². The Hall–Kier alpha value is -1.36. The van der Waals surface area contributed by atoms with Crippen LogP contribution in [0, 0.1) is 29.1 Å².